The van der Waals surface area contributed by atoms with Crippen LogP contribution < -0.4 is 5.32 Å². The summed E-state index contributed by atoms with van der Waals surface area (Å²) in [6.45, 7) is 1.40. The van der Waals surface area contributed by atoms with Crippen molar-refractivity contribution in [2.75, 3.05) is 31.7 Å². The van der Waals surface area contributed by atoms with Gasteiger partial charge < -0.3 is 10.2 Å². The first-order chi connectivity index (χ1) is 14.8. The second-order valence-corrected chi connectivity index (χ2v) is 9.88. The Hall–Kier alpha value is -2.71. The number of para-hydroxylation sites is 1. The molecule has 1 atom stereocenters. The first-order valence-corrected chi connectivity index (χ1v) is 12.3. The highest BCUT2D eigenvalue weighted by molar-refractivity contribution is 7.88. The van der Waals surface area contributed by atoms with E-state index < -0.39 is 22.0 Å². The van der Waals surface area contributed by atoms with Crippen LogP contribution in [0, 0.1) is 0 Å². The van der Waals surface area contributed by atoms with Gasteiger partial charge in [-0.05, 0) is 30.5 Å². The van der Waals surface area contributed by atoms with Gasteiger partial charge in [-0.15, -0.1) is 0 Å². The van der Waals surface area contributed by atoms with Crippen molar-refractivity contribution in [2.45, 2.75) is 31.7 Å². The number of sulfonamides is 1. The van der Waals surface area contributed by atoms with E-state index in [1.807, 2.05) is 4.90 Å². The maximum absolute atomic E-state index is 13.3. The van der Waals surface area contributed by atoms with Gasteiger partial charge in [-0.3, -0.25) is 9.59 Å². The van der Waals surface area contributed by atoms with Crippen molar-refractivity contribution in [2.24, 2.45) is 0 Å². The van der Waals surface area contributed by atoms with E-state index in [4.69, 9.17) is 0 Å². The second-order valence-electron chi connectivity index (χ2n) is 7.83. The van der Waals surface area contributed by atoms with Crippen LogP contribution in [0.3, 0.4) is 0 Å². The minimum Gasteiger partial charge on any atom is -0.339 e. The standard InChI is InChI=1S/C23H29N3O4S/c1-25(31(2,29)30)21(18-12-6-5-7-13-18)22(27)24-20-15-9-8-14-19(20)23(28)26-16-10-3-4-11-17-26/h5-9,12-15,21H,3-4,10-11,16-17H2,1-2H3,(H,24,27). The molecule has 3 rings (SSSR count). The number of likely N-dealkylation sites (N-methyl/N-ethyl adjacent to an activating group) is 1. The van der Waals surface area contributed by atoms with Gasteiger partial charge in [0.15, 0.2) is 0 Å². The van der Waals surface area contributed by atoms with Gasteiger partial charge in [-0.2, -0.15) is 4.31 Å². The summed E-state index contributed by atoms with van der Waals surface area (Å²) in [5, 5.41) is 2.81. The third-order valence-corrected chi connectivity index (χ3v) is 6.82. The summed E-state index contributed by atoms with van der Waals surface area (Å²) in [4.78, 5) is 28.2. The molecule has 0 aromatic heterocycles. The maximum Gasteiger partial charge on any atom is 0.255 e. The Kier molecular flexibility index (Phi) is 7.46. The number of rotatable bonds is 6. The second kappa shape index (κ2) is 10.1. The number of hydrogen-bond acceptors (Lipinski definition) is 4. The summed E-state index contributed by atoms with van der Waals surface area (Å²) in [7, 11) is -2.26. The van der Waals surface area contributed by atoms with Crippen LogP contribution in [-0.4, -0.2) is 55.8 Å². The lowest BCUT2D eigenvalue weighted by Crippen LogP contribution is -2.38. The zero-order chi connectivity index (χ0) is 22.4. The van der Waals surface area contributed by atoms with E-state index in [9.17, 15) is 18.0 Å². The van der Waals surface area contributed by atoms with Crippen molar-refractivity contribution < 1.29 is 18.0 Å². The summed E-state index contributed by atoms with van der Waals surface area (Å²) >= 11 is 0. The SMILES string of the molecule is CN(C(C(=O)Nc1ccccc1C(=O)N1CCCCCC1)c1ccccc1)S(C)(=O)=O. The quantitative estimate of drug-likeness (QED) is 0.742. The van der Waals surface area contributed by atoms with Gasteiger partial charge in [0.05, 0.1) is 17.5 Å². The van der Waals surface area contributed by atoms with Gasteiger partial charge in [-0.25, -0.2) is 8.42 Å². The van der Waals surface area contributed by atoms with Crippen molar-refractivity contribution in [3.05, 3.63) is 65.7 Å². The monoisotopic (exact) mass is 443 g/mol. The summed E-state index contributed by atoms with van der Waals surface area (Å²) in [6.07, 6.45) is 5.22. The lowest BCUT2D eigenvalue weighted by molar-refractivity contribution is -0.119. The number of nitrogens with zero attached hydrogens (tertiary/aromatic N) is 2. The van der Waals surface area contributed by atoms with E-state index in [-0.39, 0.29) is 5.91 Å². The number of benzene rings is 2. The average Bonchev–Trinajstić information content (AvgIpc) is 3.03. The van der Waals surface area contributed by atoms with Crippen molar-refractivity contribution in [3.8, 4) is 0 Å². The van der Waals surface area contributed by atoms with E-state index >= 15 is 0 Å². The van der Waals surface area contributed by atoms with E-state index in [2.05, 4.69) is 5.32 Å². The van der Waals surface area contributed by atoms with Gasteiger partial charge in [0.25, 0.3) is 5.91 Å². The van der Waals surface area contributed by atoms with Crippen LogP contribution >= 0.6 is 0 Å². The van der Waals surface area contributed by atoms with Gasteiger partial charge in [0.2, 0.25) is 15.9 Å². The predicted molar refractivity (Wildman–Crippen MR) is 121 cm³/mol. The molecule has 1 saturated heterocycles. The Morgan fingerprint density at radius 1 is 0.935 bits per heavy atom. The lowest BCUT2D eigenvalue weighted by Gasteiger charge is -2.26. The van der Waals surface area contributed by atoms with Crippen LogP contribution in [0.25, 0.3) is 0 Å². The molecule has 1 aliphatic heterocycles. The van der Waals surface area contributed by atoms with Gasteiger partial charge in [0.1, 0.15) is 6.04 Å². The minimum absolute atomic E-state index is 0.120. The molecule has 0 saturated carbocycles. The fraction of sp³-hybridized carbons (Fsp3) is 0.391. The molecule has 166 valence electrons. The number of carbonyl (C=O) groups excluding carboxylic acids is 2. The summed E-state index contributed by atoms with van der Waals surface area (Å²) in [6, 6.07) is 14.5. The Labute approximate surface area is 184 Å². The maximum atomic E-state index is 13.3. The number of carbonyl (C=O) groups is 2. The molecule has 0 radical (unpaired) electrons. The van der Waals surface area contributed by atoms with Gasteiger partial charge in [0, 0.05) is 20.1 Å². The molecule has 8 heteroatoms. The Morgan fingerprint density at radius 2 is 1.52 bits per heavy atom. The average molecular weight is 444 g/mol. The first kappa shape index (κ1) is 23.0. The minimum atomic E-state index is -3.64. The van der Waals surface area contributed by atoms with E-state index in [0.717, 1.165) is 36.2 Å². The highest BCUT2D eigenvalue weighted by Crippen LogP contribution is 2.26. The highest BCUT2D eigenvalue weighted by atomic mass is 32.2. The zero-order valence-corrected chi connectivity index (χ0v) is 18.8. The third-order valence-electron chi connectivity index (χ3n) is 5.56. The normalized spacial score (nSPS) is 15.9. The van der Waals surface area contributed by atoms with E-state index in [0.29, 0.717) is 29.9 Å². The summed E-state index contributed by atoms with van der Waals surface area (Å²) in [5.74, 6) is -0.638. The Balaban J connectivity index is 1.90. The molecule has 2 aromatic rings. The van der Waals surface area contributed by atoms with Gasteiger partial charge >= 0.3 is 0 Å². The molecule has 1 fully saturated rings. The number of hydrogen-bond donors (Lipinski definition) is 1. The number of anilines is 1. The van der Waals surface area contributed by atoms with Crippen LogP contribution in [-0.2, 0) is 14.8 Å². The fourth-order valence-electron chi connectivity index (χ4n) is 3.78. The molecule has 1 aliphatic rings. The molecule has 1 N–H and O–H groups in total. The van der Waals surface area contributed by atoms with Crippen molar-refractivity contribution in [3.63, 3.8) is 0 Å². The van der Waals surface area contributed by atoms with Gasteiger partial charge in [-0.1, -0.05) is 55.3 Å². The van der Waals surface area contributed by atoms with Crippen LogP contribution in [0.4, 0.5) is 5.69 Å². The number of likely N-dealkylation sites (tertiary alicyclic amines) is 1. The first-order valence-electron chi connectivity index (χ1n) is 10.5. The van der Waals surface area contributed by atoms with E-state index in [1.165, 1.54) is 7.05 Å². The van der Waals surface area contributed by atoms with Crippen molar-refractivity contribution >= 4 is 27.5 Å². The van der Waals surface area contributed by atoms with Crippen molar-refractivity contribution in [1.82, 2.24) is 9.21 Å². The van der Waals surface area contributed by atoms with Crippen LogP contribution in [0.15, 0.2) is 54.6 Å². The smallest absolute Gasteiger partial charge is 0.255 e. The molecule has 0 aliphatic carbocycles. The molecular weight excluding hydrogens is 414 g/mol. The van der Waals surface area contributed by atoms with Crippen LogP contribution in [0.5, 0.6) is 0 Å². The fourth-order valence-corrected chi connectivity index (χ4v) is 4.38. The molecule has 7 nitrogen and oxygen atoms in total. The third kappa shape index (κ3) is 5.71. The molecule has 1 heterocycles. The lowest BCUT2D eigenvalue weighted by atomic mass is 10.1. The molecule has 1 unspecified atom stereocenters. The molecule has 31 heavy (non-hydrogen) atoms. The largest absolute Gasteiger partial charge is 0.339 e. The van der Waals surface area contributed by atoms with E-state index in [1.54, 1.807) is 54.6 Å². The molecule has 0 spiro atoms. The number of nitrogens with one attached hydrogen (secondary N) is 1. The van der Waals surface area contributed by atoms with Crippen LogP contribution in [0.2, 0.25) is 0 Å². The molecule has 0 bridgehead atoms. The van der Waals surface area contributed by atoms with Crippen molar-refractivity contribution in [1.29, 1.82) is 0 Å². The molecule has 2 amide bonds. The molecular formula is C23H29N3O4S. The Bertz CT molecular complexity index is 1020. The topological polar surface area (TPSA) is 86.8 Å². The number of amides is 2. The highest BCUT2D eigenvalue weighted by Gasteiger charge is 2.31. The summed E-state index contributed by atoms with van der Waals surface area (Å²) < 4.78 is 25.4. The van der Waals surface area contributed by atoms with Crippen LogP contribution in [0.1, 0.15) is 47.6 Å². The predicted octanol–water partition coefficient (Wildman–Crippen LogP) is 3.27. The zero-order valence-electron chi connectivity index (χ0n) is 18.0. The molecule has 2 aromatic carbocycles. The summed E-state index contributed by atoms with van der Waals surface area (Å²) in [5.41, 5.74) is 1.33. The Morgan fingerprint density at radius 3 is 2.13 bits per heavy atom.